The van der Waals surface area contributed by atoms with Gasteiger partial charge in [0.1, 0.15) is 12.4 Å². The molecule has 116 valence electrons. The molecule has 2 N–H and O–H groups in total. The minimum absolute atomic E-state index is 0.225. The van der Waals surface area contributed by atoms with Crippen molar-refractivity contribution in [3.8, 4) is 5.75 Å². The molecule has 0 radical (unpaired) electrons. The molecule has 1 aromatic carbocycles. The lowest BCUT2D eigenvalue weighted by molar-refractivity contribution is 0.0696. The number of carbonyl (C=O) groups is 1. The van der Waals surface area contributed by atoms with E-state index in [1.807, 2.05) is 0 Å². The SMILES string of the molecule is O=C(O)c1cccc(OCCN2CCCCC2CCO)c1. The Labute approximate surface area is 125 Å². The molecule has 5 nitrogen and oxygen atoms in total. The van der Waals surface area contributed by atoms with E-state index >= 15 is 0 Å². The zero-order valence-electron chi connectivity index (χ0n) is 12.2. The van der Waals surface area contributed by atoms with Crippen molar-refractivity contribution >= 4 is 5.97 Å². The Bertz CT molecular complexity index is 461. The Balaban J connectivity index is 1.82. The number of benzene rings is 1. The minimum Gasteiger partial charge on any atom is -0.492 e. The third-order valence-corrected chi connectivity index (χ3v) is 3.94. The molecule has 1 aliphatic rings. The molecule has 21 heavy (non-hydrogen) atoms. The molecule has 0 aliphatic carbocycles. The van der Waals surface area contributed by atoms with Gasteiger partial charge in [-0.2, -0.15) is 0 Å². The first-order valence-corrected chi connectivity index (χ1v) is 7.52. The van der Waals surface area contributed by atoms with E-state index in [9.17, 15) is 4.79 Å². The van der Waals surface area contributed by atoms with E-state index in [1.165, 1.54) is 12.8 Å². The van der Waals surface area contributed by atoms with Gasteiger partial charge in [-0.25, -0.2) is 4.79 Å². The number of nitrogens with zero attached hydrogens (tertiary/aromatic N) is 1. The minimum atomic E-state index is -0.945. The third kappa shape index (κ3) is 4.72. The number of ether oxygens (including phenoxy) is 1. The summed E-state index contributed by atoms with van der Waals surface area (Å²) in [6.07, 6.45) is 4.36. The highest BCUT2D eigenvalue weighted by atomic mass is 16.5. The molecule has 1 aromatic rings. The average Bonchev–Trinajstić information content (AvgIpc) is 2.49. The summed E-state index contributed by atoms with van der Waals surface area (Å²) in [4.78, 5) is 13.3. The lowest BCUT2D eigenvalue weighted by Crippen LogP contribution is -2.42. The first-order valence-electron chi connectivity index (χ1n) is 7.52. The van der Waals surface area contributed by atoms with Crippen LogP contribution in [0.15, 0.2) is 24.3 Å². The molecule has 0 amide bonds. The number of carboxylic acid groups (broad SMARTS) is 1. The first-order chi connectivity index (χ1) is 10.2. The Morgan fingerprint density at radius 3 is 3.00 bits per heavy atom. The van der Waals surface area contributed by atoms with Crippen molar-refractivity contribution in [1.29, 1.82) is 0 Å². The van der Waals surface area contributed by atoms with Gasteiger partial charge in [0.25, 0.3) is 0 Å². The Kier molecular flexibility index (Phi) is 6.02. The fraction of sp³-hybridized carbons (Fsp3) is 0.562. The van der Waals surface area contributed by atoms with E-state index in [-0.39, 0.29) is 12.2 Å². The van der Waals surface area contributed by atoms with Crippen molar-refractivity contribution < 1.29 is 19.7 Å². The van der Waals surface area contributed by atoms with Gasteiger partial charge in [-0.05, 0) is 44.0 Å². The van der Waals surface area contributed by atoms with E-state index < -0.39 is 5.97 Å². The van der Waals surface area contributed by atoms with Crippen molar-refractivity contribution in [2.45, 2.75) is 31.7 Å². The smallest absolute Gasteiger partial charge is 0.335 e. The van der Waals surface area contributed by atoms with E-state index in [0.29, 0.717) is 18.4 Å². The molecule has 1 aliphatic heterocycles. The molecule has 0 aromatic heterocycles. The van der Waals surface area contributed by atoms with Crippen LogP contribution >= 0.6 is 0 Å². The number of hydrogen-bond acceptors (Lipinski definition) is 4. The maximum atomic E-state index is 10.9. The molecule has 0 spiro atoms. The van der Waals surface area contributed by atoms with Crippen LogP contribution in [0.4, 0.5) is 0 Å². The summed E-state index contributed by atoms with van der Waals surface area (Å²) in [5, 5.41) is 18.1. The molecule has 0 bridgehead atoms. The van der Waals surface area contributed by atoms with Gasteiger partial charge in [-0.15, -0.1) is 0 Å². The van der Waals surface area contributed by atoms with Crippen LogP contribution in [-0.4, -0.2) is 53.4 Å². The number of rotatable bonds is 7. The maximum absolute atomic E-state index is 10.9. The summed E-state index contributed by atoms with van der Waals surface area (Å²) in [6.45, 7) is 2.61. The fourth-order valence-electron chi connectivity index (χ4n) is 2.83. The van der Waals surface area contributed by atoms with E-state index in [0.717, 1.165) is 25.9 Å². The predicted molar refractivity (Wildman–Crippen MR) is 79.8 cm³/mol. The molecular formula is C16H23NO4. The van der Waals surface area contributed by atoms with Gasteiger partial charge in [0.2, 0.25) is 0 Å². The number of carboxylic acids is 1. The highest BCUT2D eigenvalue weighted by Crippen LogP contribution is 2.19. The number of aliphatic hydroxyl groups is 1. The molecule has 1 unspecified atom stereocenters. The summed E-state index contributed by atoms with van der Waals surface area (Å²) in [5.41, 5.74) is 0.239. The lowest BCUT2D eigenvalue weighted by Gasteiger charge is -2.35. The maximum Gasteiger partial charge on any atom is 0.335 e. The van der Waals surface area contributed by atoms with Crippen molar-refractivity contribution in [3.63, 3.8) is 0 Å². The van der Waals surface area contributed by atoms with Gasteiger partial charge in [-0.3, -0.25) is 4.90 Å². The molecule has 1 fully saturated rings. The zero-order chi connectivity index (χ0) is 15.1. The monoisotopic (exact) mass is 293 g/mol. The van der Waals surface area contributed by atoms with E-state index in [2.05, 4.69) is 4.90 Å². The van der Waals surface area contributed by atoms with Gasteiger partial charge in [0.05, 0.1) is 5.56 Å². The molecule has 1 atom stereocenters. The van der Waals surface area contributed by atoms with Gasteiger partial charge in [0, 0.05) is 19.2 Å². The van der Waals surface area contributed by atoms with Crippen LogP contribution in [0.2, 0.25) is 0 Å². The lowest BCUT2D eigenvalue weighted by atomic mass is 10.00. The predicted octanol–water partition coefficient (Wildman–Crippen LogP) is 2.00. The van der Waals surface area contributed by atoms with Crippen LogP contribution in [0.5, 0.6) is 5.75 Å². The summed E-state index contributed by atoms with van der Waals surface area (Å²) < 4.78 is 5.66. The number of likely N-dealkylation sites (tertiary alicyclic amines) is 1. The zero-order valence-corrected chi connectivity index (χ0v) is 12.2. The summed E-state index contributed by atoms with van der Waals surface area (Å²) in [6, 6.07) is 7.00. The summed E-state index contributed by atoms with van der Waals surface area (Å²) >= 11 is 0. The topological polar surface area (TPSA) is 70.0 Å². The van der Waals surface area contributed by atoms with E-state index in [1.54, 1.807) is 24.3 Å². The third-order valence-electron chi connectivity index (χ3n) is 3.94. The second-order valence-electron chi connectivity index (χ2n) is 5.38. The average molecular weight is 293 g/mol. The van der Waals surface area contributed by atoms with Crippen LogP contribution in [0.1, 0.15) is 36.0 Å². The molecule has 2 rings (SSSR count). The van der Waals surface area contributed by atoms with Crippen molar-refractivity contribution in [1.82, 2.24) is 4.90 Å². The van der Waals surface area contributed by atoms with E-state index in [4.69, 9.17) is 14.9 Å². The summed E-state index contributed by atoms with van der Waals surface area (Å²) in [7, 11) is 0. The van der Waals surface area contributed by atoms with Crippen molar-refractivity contribution in [3.05, 3.63) is 29.8 Å². The van der Waals surface area contributed by atoms with Crippen molar-refractivity contribution in [2.24, 2.45) is 0 Å². The highest BCUT2D eigenvalue weighted by molar-refractivity contribution is 5.87. The second-order valence-corrected chi connectivity index (χ2v) is 5.38. The van der Waals surface area contributed by atoms with Gasteiger partial charge in [0.15, 0.2) is 0 Å². The van der Waals surface area contributed by atoms with Crippen molar-refractivity contribution in [2.75, 3.05) is 26.3 Å². The number of hydrogen-bond donors (Lipinski definition) is 2. The quantitative estimate of drug-likeness (QED) is 0.804. The fourth-order valence-corrected chi connectivity index (χ4v) is 2.83. The summed E-state index contributed by atoms with van der Waals surface area (Å²) in [5.74, 6) is -0.356. The molecular weight excluding hydrogens is 270 g/mol. The standard InChI is InChI=1S/C16H23NO4/c18-10-7-14-5-1-2-8-17(14)9-11-21-15-6-3-4-13(12-15)16(19)20/h3-4,6,12,14,18H,1-2,5,7-11H2,(H,19,20). The highest BCUT2D eigenvalue weighted by Gasteiger charge is 2.21. The Morgan fingerprint density at radius 2 is 2.24 bits per heavy atom. The molecule has 5 heteroatoms. The normalized spacial score (nSPS) is 19.4. The Hall–Kier alpha value is -1.59. The second kappa shape index (κ2) is 8.00. The molecule has 1 saturated heterocycles. The number of aliphatic hydroxyl groups excluding tert-OH is 1. The number of piperidine rings is 1. The van der Waals surface area contributed by atoms with Crippen LogP contribution in [0.25, 0.3) is 0 Å². The van der Waals surface area contributed by atoms with Crippen LogP contribution < -0.4 is 4.74 Å². The number of aromatic carboxylic acids is 1. The van der Waals surface area contributed by atoms with Crippen LogP contribution in [0.3, 0.4) is 0 Å². The van der Waals surface area contributed by atoms with Gasteiger partial charge in [-0.1, -0.05) is 12.5 Å². The molecule has 1 heterocycles. The largest absolute Gasteiger partial charge is 0.492 e. The van der Waals surface area contributed by atoms with Crippen LogP contribution in [0, 0.1) is 0 Å². The Morgan fingerprint density at radius 1 is 1.38 bits per heavy atom. The van der Waals surface area contributed by atoms with Gasteiger partial charge >= 0.3 is 5.97 Å². The van der Waals surface area contributed by atoms with Crippen LogP contribution in [-0.2, 0) is 0 Å². The first kappa shape index (κ1) is 15.8. The molecule has 0 saturated carbocycles. The van der Waals surface area contributed by atoms with Gasteiger partial charge < -0.3 is 14.9 Å².